The third-order valence-electron chi connectivity index (χ3n) is 7.59. The molecule has 0 fully saturated rings. The lowest BCUT2D eigenvalue weighted by Crippen LogP contribution is -2.62. The van der Waals surface area contributed by atoms with Gasteiger partial charge in [-0.15, -0.1) is 0 Å². The fourth-order valence-corrected chi connectivity index (χ4v) is 6.33. The summed E-state index contributed by atoms with van der Waals surface area (Å²) in [6.45, 7) is 0.281. The van der Waals surface area contributed by atoms with Crippen molar-refractivity contribution in [1.29, 1.82) is 0 Å². The Morgan fingerprint density at radius 3 is 1.24 bits per heavy atom. The van der Waals surface area contributed by atoms with Crippen molar-refractivity contribution in [2.75, 3.05) is 0 Å². The van der Waals surface area contributed by atoms with Gasteiger partial charge in [0.2, 0.25) is 6.71 Å². The minimum absolute atomic E-state index is 0.260. The van der Waals surface area contributed by atoms with Gasteiger partial charge in [-0.1, -0.05) is 144 Å². The van der Waals surface area contributed by atoms with Crippen LogP contribution in [-0.2, 0) is 0 Å². The highest BCUT2D eigenvalue weighted by atomic mass is 14.3. The summed E-state index contributed by atoms with van der Waals surface area (Å²) in [5, 5.41) is 0. The van der Waals surface area contributed by atoms with Crippen molar-refractivity contribution in [2.45, 2.75) is 11.8 Å². The van der Waals surface area contributed by atoms with E-state index in [1.54, 1.807) is 0 Å². The second-order valence-electron chi connectivity index (χ2n) is 9.23. The van der Waals surface area contributed by atoms with E-state index in [1.165, 1.54) is 49.8 Å². The fourth-order valence-electron chi connectivity index (χ4n) is 6.33. The van der Waals surface area contributed by atoms with E-state index in [9.17, 15) is 0 Å². The molecule has 33 heavy (non-hydrogen) atoms. The maximum Gasteiger partial charge on any atom is 0.242 e. The largest absolute Gasteiger partial charge is 0.242 e. The molecule has 7 rings (SSSR count). The smallest absolute Gasteiger partial charge is 0.0667 e. The molecule has 0 spiro atoms. The average molecular weight is 418 g/mol. The lowest BCUT2D eigenvalue weighted by atomic mass is 9.29. The summed E-state index contributed by atoms with van der Waals surface area (Å²) in [6, 6.07) is 47.3. The summed E-state index contributed by atoms with van der Waals surface area (Å²) in [4.78, 5) is 0. The van der Waals surface area contributed by atoms with Crippen LogP contribution in [0.1, 0.15) is 45.2 Å². The van der Waals surface area contributed by atoms with Crippen LogP contribution in [0.3, 0.4) is 0 Å². The van der Waals surface area contributed by atoms with Gasteiger partial charge in [-0.25, -0.2) is 0 Å². The molecule has 0 saturated heterocycles. The zero-order valence-electron chi connectivity index (χ0n) is 18.4. The van der Waals surface area contributed by atoms with Crippen LogP contribution in [0.25, 0.3) is 0 Å². The predicted octanol–water partition coefficient (Wildman–Crippen LogP) is 5.19. The quantitative estimate of drug-likeness (QED) is 0.339. The molecule has 2 aliphatic rings. The Labute approximate surface area is 195 Å². The first kappa shape index (κ1) is 18.7. The first-order chi connectivity index (χ1) is 16.4. The van der Waals surface area contributed by atoms with E-state index in [0.717, 1.165) is 0 Å². The Morgan fingerprint density at radius 2 is 0.758 bits per heavy atom. The van der Waals surface area contributed by atoms with Crippen molar-refractivity contribution in [2.24, 2.45) is 0 Å². The molecule has 0 N–H and O–H groups in total. The van der Waals surface area contributed by atoms with Gasteiger partial charge in [0.1, 0.15) is 0 Å². The molecule has 2 aliphatic heterocycles. The molecular weight excluding hydrogens is 395 g/mol. The van der Waals surface area contributed by atoms with E-state index < -0.39 is 0 Å². The van der Waals surface area contributed by atoms with Gasteiger partial charge < -0.3 is 0 Å². The Balaban J connectivity index is 1.58. The van der Waals surface area contributed by atoms with Crippen LogP contribution in [-0.4, -0.2) is 6.71 Å². The normalized spacial score (nSPS) is 17.6. The summed E-state index contributed by atoms with van der Waals surface area (Å²) in [5.41, 5.74) is 12.9. The zero-order valence-corrected chi connectivity index (χ0v) is 18.4. The average Bonchev–Trinajstić information content (AvgIpc) is 2.89. The molecule has 0 nitrogen and oxygen atoms in total. The molecule has 0 saturated carbocycles. The lowest BCUT2D eigenvalue weighted by molar-refractivity contribution is 0.946. The SMILES string of the molecule is c1ccc(C2c3ccccc3B3c4ccccc4C(c4ccccc4)c4cccc2c43)cc1. The standard InChI is InChI=1S/C32H23B/c1-3-12-22(13-4-1)30-24-16-7-9-20-28(24)33-29-21-10-8-17-25(29)31(23-14-5-2-6-15-23)27-19-11-18-26(30)32(27)33/h1-21,30-31H. The van der Waals surface area contributed by atoms with Gasteiger partial charge in [0.15, 0.2) is 0 Å². The van der Waals surface area contributed by atoms with Crippen LogP contribution in [0.15, 0.2) is 127 Å². The molecule has 5 aromatic carbocycles. The molecule has 5 aromatic rings. The molecule has 0 radical (unpaired) electrons. The Kier molecular flexibility index (Phi) is 4.17. The van der Waals surface area contributed by atoms with Crippen LogP contribution in [0.2, 0.25) is 0 Å². The van der Waals surface area contributed by atoms with Crippen LogP contribution in [0.4, 0.5) is 0 Å². The predicted molar refractivity (Wildman–Crippen MR) is 139 cm³/mol. The van der Waals surface area contributed by atoms with Crippen molar-refractivity contribution in [1.82, 2.24) is 0 Å². The minimum Gasteiger partial charge on any atom is -0.0667 e. The Hall–Kier alpha value is -3.84. The maximum atomic E-state index is 2.37. The summed E-state index contributed by atoms with van der Waals surface area (Å²) < 4.78 is 0. The van der Waals surface area contributed by atoms with Gasteiger partial charge in [-0.05, 0) is 33.4 Å². The van der Waals surface area contributed by atoms with Crippen molar-refractivity contribution < 1.29 is 0 Å². The highest BCUT2D eigenvalue weighted by molar-refractivity contribution is 6.97. The van der Waals surface area contributed by atoms with Crippen LogP contribution in [0.5, 0.6) is 0 Å². The zero-order chi connectivity index (χ0) is 21.8. The van der Waals surface area contributed by atoms with Crippen molar-refractivity contribution in [3.63, 3.8) is 0 Å². The van der Waals surface area contributed by atoms with Gasteiger partial charge in [-0.3, -0.25) is 0 Å². The Bertz CT molecular complexity index is 1360. The summed E-state index contributed by atoms with van der Waals surface area (Å²) >= 11 is 0. The van der Waals surface area contributed by atoms with Crippen LogP contribution < -0.4 is 16.4 Å². The van der Waals surface area contributed by atoms with Gasteiger partial charge in [-0.2, -0.15) is 0 Å². The van der Waals surface area contributed by atoms with E-state index in [0.29, 0.717) is 0 Å². The van der Waals surface area contributed by atoms with Crippen LogP contribution in [0, 0.1) is 0 Å². The van der Waals surface area contributed by atoms with Gasteiger partial charge >= 0.3 is 0 Å². The molecule has 1 heteroatoms. The molecule has 0 bridgehead atoms. The first-order valence-electron chi connectivity index (χ1n) is 11.8. The Morgan fingerprint density at radius 1 is 0.364 bits per heavy atom. The summed E-state index contributed by atoms with van der Waals surface area (Å²) in [7, 11) is 0. The van der Waals surface area contributed by atoms with Crippen molar-refractivity contribution in [3.8, 4) is 0 Å². The summed E-state index contributed by atoms with van der Waals surface area (Å²) in [6.07, 6.45) is 0. The number of hydrogen-bond acceptors (Lipinski definition) is 0. The van der Waals surface area contributed by atoms with Crippen molar-refractivity contribution >= 4 is 23.1 Å². The molecule has 0 aromatic heterocycles. The third kappa shape index (κ3) is 2.72. The third-order valence-corrected chi connectivity index (χ3v) is 7.59. The molecule has 154 valence electrons. The van der Waals surface area contributed by atoms with Crippen molar-refractivity contribution in [3.05, 3.63) is 161 Å². The fraction of sp³-hybridized carbons (Fsp3) is 0.0625. The number of hydrogen-bond donors (Lipinski definition) is 0. The van der Waals surface area contributed by atoms with E-state index in [4.69, 9.17) is 0 Å². The molecule has 2 unspecified atom stereocenters. The van der Waals surface area contributed by atoms with E-state index in [-0.39, 0.29) is 18.5 Å². The monoisotopic (exact) mass is 418 g/mol. The van der Waals surface area contributed by atoms with Gasteiger partial charge in [0.25, 0.3) is 0 Å². The molecule has 2 heterocycles. The number of fused-ring (bicyclic) bond motifs is 4. The molecule has 2 atom stereocenters. The number of rotatable bonds is 2. The maximum absolute atomic E-state index is 2.37. The van der Waals surface area contributed by atoms with Gasteiger partial charge in [0.05, 0.1) is 0 Å². The van der Waals surface area contributed by atoms with E-state index in [2.05, 4.69) is 127 Å². The molecule has 0 aliphatic carbocycles. The topological polar surface area (TPSA) is 0 Å². The lowest BCUT2D eigenvalue weighted by Gasteiger charge is -2.41. The molecule has 0 amide bonds. The summed E-state index contributed by atoms with van der Waals surface area (Å²) in [5.74, 6) is 0.519. The van der Waals surface area contributed by atoms with Crippen LogP contribution >= 0.6 is 0 Å². The molecular formula is C32H23B. The highest BCUT2D eigenvalue weighted by Gasteiger charge is 2.43. The highest BCUT2D eigenvalue weighted by Crippen LogP contribution is 2.40. The first-order valence-corrected chi connectivity index (χ1v) is 11.8. The number of benzene rings is 5. The second-order valence-corrected chi connectivity index (χ2v) is 9.23. The minimum atomic E-state index is 0.260. The van der Waals surface area contributed by atoms with E-state index in [1.807, 2.05) is 0 Å². The second kappa shape index (κ2) is 7.35. The van der Waals surface area contributed by atoms with E-state index >= 15 is 0 Å². The van der Waals surface area contributed by atoms with Gasteiger partial charge in [0, 0.05) is 11.8 Å².